The van der Waals surface area contributed by atoms with E-state index in [1.807, 2.05) is 13.8 Å². The molecule has 2 fully saturated rings. The normalized spacial score (nSPS) is 36.8. The highest BCUT2D eigenvalue weighted by Gasteiger charge is 2.53. The average molecular weight is 528 g/mol. The van der Waals surface area contributed by atoms with Crippen molar-refractivity contribution in [1.29, 1.82) is 0 Å². The number of rotatable bonds is 3. The number of carbonyl (C=O) groups is 2. The zero-order chi connectivity index (χ0) is 26.8. The Bertz CT molecular complexity index is 975. The van der Waals surface area contributed by atoms with Gasteiger partial charge in [0, 0.05) is 12.3 Å². The SMILES string of the molecule is C[C@H]1CCC[C@@]2(C)O[C@H]2C[C@@H](/C(Cl)=C\c2coc(CO)n2)OC(=O)C[C@H](O)C(C)(C)C(=O)[C@H](C)[C@H]1O. The van der Waals surface area contributed by atoms with Crippen molar-refractivity contribution >= 4 is 29.4 Å². The van der Waals surface area contributed by atoms with Crippen LogP contribution < -0.4 is 0 Å². The minimum atomic E-state index is -1.32. The first-order chi connectivity index (χ1) is 16.8. The van der Waals surface area contributed by atoms with Gasteiger partial charge >= 0.3 is 5.97 Å². The molecule has 2 aliphatic heterocycles. The quantitative estimate of drug-likeness (QED) is 0.398. The zero-order valence-electron chi connectivity index (χ0n) is 21.6. The Kier molecular flexibility index (Phi) is 9.04. The smallest absolute Gasteiger partial charge is 0.309 e. The largest absolute Gasteiger partial charge is 0.456 e. The molecular weight excluding hydrogens is 490 g/mol. The van der Waals surface area contributed by atoms with Crippen LogP contribution in [0.5, 0.6) is 0 Å². The molecule has 0 bridgehead atoms. The fourth-order valence-corrected chi connectivity index (χ4v) is 5.13. The van der Waals surface area contributed by atoms with Crippen LogP contribution in [-0.4, -0.2) is 62.1 Å². The van der Waals surface area contributed by atoms with Crippen molar-refractivity contribution < 1.29 is 38.8 Å². The highest BCUT2D eigenvalue weighted by molar-refractivity contribution is 6.32. The number of aliphatic hydroxyl groups excluding tert-OH is 3. The van der Waals surface area contributed by atoms with Crippen molar-refractivity contribution in [2.75, 3.05) is 0 Å². The molecule has 2 saturated heterocycles. The predicted octanol–water partition coefficient (Wildman–Crippen LogP) is 3.37. The van der Waals surface area contributed by atoms with Gasteiger partial charge in [0.1, 0.15) is 30.5 Å². The van der Waals surface area contributed by atoms with Gasteiger partial charge in [-0.2, -0.15) is 0 Å². The molecule has 0 spiro atoms. The summed E-state index contributed by atoms with van der Waals surface area (Å²) in [6, 6.07) is 0. The van der Waals surface area contributed by atoms with E-state index in [-0.39, 0.29) is 35.3 Å². The van der Waals surface area contributed by atoms with Gasteiger partial charge in [0.2, 0.25) is 5.89 Å². The molecule has 3 N–H and O–H groups in total. The number of carbonyl (C=O) groups excluding carboxylic acids is 2. The summed E-state index contributed by atoms with van der Waals surface area (Å²) in [5, 5.41) is 31.0. The van der Waals surface area contributed by atoms with E-state index in [1.54, 1.807) is 20.8 Å². The van der Waals surface area contributed by atoms with Crippen LogP contribution in [0, 0.1) is 17.3 Å². The van der Waals surface area contributed by atoms with E-state index in [4.69, 9.17) is 30.6 Å². The number of esters is 1. The summed E-state index contributed by atoms with van der Waals surface area (Å²) in [7, 11) is 0. The van der Waals surface area contributed by atoms with Crippen LogP contribution >= 0.6 is 11.6 Å². The standard InChI is InChI=1S/C26H38ClNO8/c1-14-7-6-8-26(5)20(36-26)10-18(17(27)9-16-13-34-21(12-29)28-16)35-22(31)11-19(30)25(3,4)24(33)15(2)23(14)32/h9,13-15,18-20,23,29-30,32H,6-8,10-12H2,1-5H3/b17-9+/t14-,15+,18-,19-,20-,23-,26+/m0/s1. The third-order valence-electron chi connectivity index (χ3n) is 7.70. The number of fused-ring (bicyclic) bond motifs is 1. The lowest BCUT2D eigenvalue weighted by atomic mass is 9.73. The van der Waals surface area contributed by atoms with Crippen molar-refractivity contribution in [1.82, 2.24) is 4.98 Å². The van der Waals surface area contributed by atoms with Crippen LogP contribution in [0.1, 0.15) is 78.3 Å². The summed E-state index contributed by atoms with van der Waals surface area (Å²) in [5.74, 6) is -1.72. The molecule has 3 rings (SSSR count). The van der Waals surface area contributed by atoms with Gasteiger partial charge in [0.05, 0.1) is 40.8 Å². The highest BCUT2D eigenvalue weighted by Crippen LogP contribution is 2.45. The van der Waals surface area contributed by atoms with Gasteiger partial charge in [-0.3, -0.25) is 9.59 Å². The number of Topliss-reactive ketones (excluding diaryl/α,β-unsaturated/α-hetero) is 1. The number of ketones is 1. The van der Waals surface area contributed by atoms with E-state index in [0.717, 1.165) is 12.8 Å². The number of aliphatic hydroxyl groups is 3. The Balaban J connectivity index is 1.85. The summed E-state index contributed by atoms with van der Waals surface area (Å²) in [6.45, 7) is 8.34. The summed E-state index contributed by atoms with van der Waals surface area (Å²) in [6.07, 6.45) is 1.72. The van der Waals surface area contributed by atoms with E-state index in [9.17, 15) is 19.8 Å². The Morgan fingerprint density at radius 3 is 2.58 bits per heavy atom. The van der Waals surface area contributed by atoms with E-state index in [2.05, 4.69) is 4.98 Å². The molecule has 202 valence electrons. The maximum atomic E-state index is 13.2. The molecule has 0 aliphatic carbocycles. The molecule has 2 aliphatic rings. The number of aromatic nitrogens is 1. The molecule has 9 nitrogen and oxygen atoms in total. The molecule has 7 atom stereocenters. The molecule has 1 aromatic rings. The second-order valence-electron chi connectivity index (χ2n) is 10.9. The molecule has 0 radical (unpaired) electrons. The number of epoxide rings is 1. The molecular formula is C26H38ClNO8. The molecule has 0 unspecified atom stereocenters. The van der Waals surface area contributed by atoms with Gasteiger partial charge in [-0.15, -0.1) is 0 Å². The molecule has 0 amide bonds. The van der Waals surface area contributed by atoms with Crippen molar-refractivity contribution in [3.05, 3.63) is 22.9 Å². The van der Waals surface area contributed by atoms with Crippen LogP contribution in [0.2, 0.25) is 0 Å². The number of ether oxygens (including phenoxy) is 2. The van der Waals surface area contributed by atoms with E-state index >= 15 is 0 Å². The summed E-state index contributed by atoms with van der Waals surface area (Å²) >= 11 is 6.55. The van der Waals surface area contributed by atoms with Crippen LogP contribution in [0.4, 0.5) is 0 Å². The number of oxazole rings is 1. The molecule has 0 saturated carbocycles. The van der Waals surface area contributed by atoms with Crippen LogP contribution in [0.15, 0.2) is 15.7 Å². The summed E-state index contributed by atoms with van der Waals surface area (Å²) < 4.78 is 16.8. The zero-order valence-corrected chi connectivity index (χ0v) is 22.3. The minimum Gasteiger partial charge on any atom is -0.456 e. The maximum Gasteiger partial charge on any atom is 0.309 e. The maximum absolute atomic E-state index is 13.2. The fourth-order valence-electron chi connectivity index (χ4n) is 4.88. The van der Waals surface area contributed by atoms with E-state index < -0.39 is 47.6 Å². The van der Waals surface area contributed by atoms with Crippen LogP contribution in [0.25, 0.3) is 6.08 Å². The van der Waals surface area contributed by atoms with Gasteiger partial charge in [-0.25, -0.2) is 4.98 Å². The number of halogens is 1. The number of nitrogens with zero attached hydrogens (tertiary/aromatic N) is 1. The fraction of sp³-hybridized carbons (Fsp3) is 0.731. The van der Waals surface area contributed by atoms with E-state index in [0.29, 0.717) is 18.5 Å². The molecule has 10 heteroatoms. The summed E-state index contributed by atoms with van der Waals surface area (Å²) in [4.78, 5) is 30.1. The van der Waals surface area contributed by atoms with E-state index in [1.165, 1.54) is 12.3 Å². The second kappa shape index (κ2) is 11.3. The first-order valence-corrected chi connectivity index (χ1v) is 12.9. The van der Waals surface area contributed by atoms with Gasteiger partial charge in [0.25, 0.3) is 0 Å². The topological polar surface area (TPSA) is 143 Å². The number of cyclic esters (lactones) is 1. The van der Waals surface area contributed by atoms with Gasteiger partial charge in [-0.1, -0.05) is 45.7 Å². The first-order valence-electron chi connectivity index (χ1n) is 12.5. The van der Waals surface area contributed by atoms with Crippen molar-refractivity contribution in [3.8, 4) is 0 Å². The third-order valence-corrected chi connectivity index (χ3v) is 8.06. The van der Waals surface area contributed by atoms with Crippen molar-refractivity contribution in [3.63, 3.8) is 0 Å². The Labute approximate surface area is 216 Å². The Hall–Kier alpha value is -1.78. The Morgan fingerprint density at radius 2 is 1.94 bits per heavy atom. The minimum absolute atomic E-state index is 0.119. The lowest BCUT2D eigenvalue weighted by molar-refractivity contribution is -0.154. The second-order valence-corrected chi connectivity index (χ2v) is 11.4. The van der Waals surface area contributed by atoms with Gasteiger partial charge < -0.3 is 29.2 Å². The van der Waals surface area contributed by atoms with Crippen molar-refractivity contribution in [2.45, 2.75) is 103 Å². The lowest BCUT2D eigenvalue weighted by Gasteiger charge is -2.34. The molecule has 36 heavy (non-hydrogen) atoms. The van der Waals surface area contributed by atoms with Gasteiger partial charge in [0.15, 0.2) is 0 Å². The van der Waals surface area contributed by atoms with Gasteiger partial charge in [-0.05, 0) is 31.8 Å². The van der Waals surface area contributed by atoms with Crippen molar-refractivity contribution in [2.24, 2.45) is 17.3 Å². The number of hydrogen-bond acceptors (Lipinski definition) is 9. The molecule has 0 aromatic carbocycles. The summed E-state index contributed by atoms with van der Waals surface area (Å²) in [5.41, 5.74) is -1.32. The number of hydrogen-bond donors (Lipinski definition) is 3. The molecule has 1 aromatic heterocycles. The lowest BCUT2D eigenvalue weighted by Crippen LogP contribution is -2.45. The molecule has 3 heterocycles. The highest BCUT2D eigenvalue weighted by atomic mass is 35.5. The predicted molar refractivity (Wildman–Crippen MR) is 132 cm³/mol. The third kappa shape index (κ3) is 6.55. The average Bonchev–Trinajstić information content (AvgIpc) is 3.23. The van der Waals surface area contributed by atoms with Crippen LogP contribution in [0.3, 0.4) is 0 Å². The van der Waals surface area contributed by atoms with Crippen LogP contribution in [-0.2, 0) is 25.7 Å². The Morgan fingerprint density at radius 1 is 1.25 bits per heavy atom. The monoisotopic (exact) mass is 527 g/mol. The first kappa shape index (κ1) is 28.8.